The molecule has 0 spiro atoms. The number of ether oxygens (including phenoxy) is 1. The average molecular weight is 424 g/mol. The Bertz CT molecular complexity index is 997. The van der Waals surface area contributed by atoms with Crippen molar-refractivity contribution in [1.29, 1.82) is 0 Å². The van der Waals surface area contributed by atoms with Gasteiger partial charge < -0.3 is 9.64 Å². The van der Waals surface area contributed by atoms with Gasteiger partial charge in [0.1, 0.15) is 0 Å². The minimum atomic E-state index is -3.38. The van der Waals surface area contributed by atoms with Crippen molar-refractivity contribution in [2.75, 3.05) is 19.0 Å². The highest BCUT2D eigenvalue weighted by molar-refractivity contribution is 7.92. The number of carbonyl (C=O) groups excluding carboxylic acids is 2. The lowest BCUT2D eigenvalue weighted by molar-refractivity contribution is 0.102. The molecule has 2 amide bonds. The van der Waals surface area contributed by atoms with Crippen molar-refractivity contribution >= 4 is 38.3 Å². The van der Waals surface area contributed by atoms with Crippen LogP contribution in [0.1, 0.15) is 34.8 Å². The van der Waals surface area contributed by atoms with Gasteiger partial charge in [-0.1, -0.05) is 11.3 Å². The highest BCUT2D eigenvalue weighted by Crippen LogP contribution is 2.29. The fourth-order valence-corrected chi connectivity index (χ4v) is 4.85. The average Bonchev–Trinajstić information content (AvgIpc) is 3.08. The zero-order chi connectivity index (χ0) is 20.5. The van der Waals surface area contributed by atoms with Gasteiger partial charge in [-0.05, 0) is 38.1 Å². The quantitative estimate of drug-likeness (QED) is 0.811. The minimum absolute atomic E-state index is 0.187. The van der Waals surface area contributed by atoms with Gasteiger partial charge in [0.2, 0.25) is 0 Å². The highest BCUT2D eigenvalue weighted by atomic mass is 32.2. The second-order valence-electron chi connectivity index (χ2n) is 6.60. The summed E-state index contributed by atoms with van der Waals surface area (Å²) in [6.07, 6.45) is 0.208. The number of hydrogen-bond donors (Lipinski definition) is 1. The summed E-state index contributed by atoms with van der Waals surface area (Å²) in [6, 6.07) is 5.84. The molecular formula is C18H21N3O5S2. The lowest BCUT2D eigenvalue weighted by Gasteiger charge is -2.24. The molecule has 3 rings (SSSR count). The molecule has 0 fully saturated rings. The number of rotatable bonds is 4. The Kier molecular flexibility index (Phi) is 5.71. The SMILES string of the molecule is COC(=O)N1CCc2nc(NC(=O)c3ccc(S(=O)(=O)C(C)C)cc3)sc2C1. The van der Waals surface area contributed by atoms with Crippen LogP contribution < -0.4 is 5.32 Å². The number of hydrogen-bond acceptors (Lipinski definition) is 7. The number of amides is 2. The second kappa shape index (κ2) is 7.88. The molecule has 0 saturated heterocycles. The summed E-state index contributed by atoms with van der Waals surface area (Å²) in [4.78, 5) is 31.2. The smallest absolute Gasteiger partial charge is 0.409 e. The number of methoxy groups -OCH3 is 1. The first kappa shape index (κ1) is 20.3. The lowest BCUT2D eigenvalue weighted by atomic mass is 10.2. The number of carbonyl (C=O) groups is 2. The van der Waals surface area contributed by atoms with Gasteiger partial charge in [-0.3, -0.25) is 10.1 Å². The molecule has 0 saturated carbocycles. The third-order valence-corrected chi connectivity index (χ3v) is 7.62. The van der Waals surface area contributed by atoms with Crippen molar-refractivity contribution in [3.05, 3.63) is 40.4 Å². The molecule has 2 aromatic rings. The van der Waals surface area contributed by atoms with Crippen LogP contribution in [0.15, 0.2) is 29.2 Å². The van der Waals surface area contributed by atoms with E-state index in [1.807, 2.05) is 0 Å². The first-order valence-electron chi connectivity index (χ1n) is 8.69. The summed E-state index contributed by atoms with van der Waals surface area (Å²) >= 11 is 1.31. The van der Waals surface area contributed by atoms with Crippen molar-refractivity contribution in [2.45, 2.75) is 37.0 Å². The molecule has 0 bridgehead atoms. The van der Waals surface area contributed by atoms with E-state index in [9.17, 15) is 18.0 Å². The zero-order valence-corrected chi connectivity index (χ0v) is 17.4. The van der Waals surface area contributed by atoms with Crippen LogP contribution in [0.3, 0.4) is 0 Å². The summed E-state index contributed by atoms with van der Waals surface area (Å²) in [5.74, 6) is -0.371. The lowest BCUT2D eigenvalue weighted by Crippen LogP contribution is -2.35. The van der Waals surface area contributed by atoms with E-state index in [4.69, 9.17) is 4.74 Å². The van der Waals surface area contributed by atoms with Crippen molar-refractivity contribution < 1.29 is 22.7 Å². The topological polar surface area (TPSA) is 106 Å². The third kappa shape index (κ3) is 4.02. The van der Waals surface area contributed by atoms with Crippen molar-refractivity contribution in [2.24, 2.45) is 0 Å². The monoisotopic (exact) mass is 423 g/mol. The van der Waals surface area contributed by atoms with Gasteiger partial charge in [0.25, 0.3) is 5.91 Å². The Morgan fingerprint density at radius 2 is 1.93 bits per heavy atom. The Balaban J connectivity index is 1.71. The molecule has 1 N–H and O–H groups in total. The number of nitrogens with one attached hydrogen (secondary N) is 1. The number of thiazole rings is 1. The number of aromatic nitrogens is 1. The summed E-state index contributed by atoms with van der Waals surface area (Å²) in [6.45, 7) is 4.14. The molecule has 2 heterocycles. The van der Waals surface area contributed by atoms with Crippen LogP contribution in [-0.2, 0) is 27.5 Å². The molecule has 1 aromatic heterocycles. The predicted octanol–water partition coefficient (Wildman–Crippen LogP) is 2.70. The van der Waals surface area contributed by atoms with Crippen LogP contribution in [0.4, 0.5) is 9.93 Å². The van der Waals surface area contributed by atoms with E-state index >= 15 is 0 Å². The Morgan fingerprint density at radius 1 is 1.25 bits per heavy atom. The maximum Gasteiger partial charge on any atom is 0.409 e. The molecule has 0 radical (unpaired) electrons. The van der Waals surface area contributed by atoms with Crippen molar-refractivity contribution in [3.8, 4) is 0 Å². The second-order valence-corrected chi connectivity index (χ2v) is 10.2. The van der Waals surface area contributed by atoms with Gasteiger partial charge in [0.15, 0.2) is 15.0 Å². The molecule has 0 atom stereocenters. The molecule has 150 valence electrons. The van der Waals surface area contributed by atoms with E-state index in [-0.39, 0.29) is 16.9 Å². The number of nitrogens with zero attached hydrogens (tertiary/aromatic N) is 2. The van der Waals surface area contributed by atoms with E-state index in [2.05, 4.69) is 10.3 Å². The summed E-state index contributed by atoms with van der Waals surface area (Å²) in [5.41, 5.74) is 1.20. The van der Waals surface area contributed by atoms with Gasteiger partial charge in [-0.25, -0.2) is 18.2 Å². The largest absolute Gasteiger partial charge is 0.453 e. The number of sulfone groups is 1. The van der Waals surface area contributed by atoms with Crippen LogP contribution >= 0.6 is 11.3 Å². The molecule has 0 aliphatic carbocycles. The number of fused-ring (bicyclic) bond motifs is 1. The minimum Gasteiger partial charge on any atom is -0.453 e. The number of anilines is 1. The van der Waals surface area contributed by atoms with Crippen LogP contribution in [0.2, 0.25) is 0 Å². The van der Waals surface area contributed by atoms with Gasteiger partial charge in [-0.15, -0.1) is 0 Å². The fourth-order valence-electron chi connectivity index (χ4n) is 2.77. The van der Waals surface area contributed by atoms with Crippen LogP contribution in [0.25, 0.3) is 0 Å². The van der Waals surface area contributed by atoms with Gasteiger partial charge >= 0.3 is 6.09 Å². The summed E-state index contributed by atoms with van der Waals surface area (Å²) in [5, 5.41) is 2.65. The van der Waals surface area contributed by atoms with E-state index < -0.39 is 15.1 Å². The Labute approximate surface area is 167 Å². The predicted molar refractivity (Wildman–Crippen MR) is 105 cm³/mol. The van der Waals surface area contributed by atoms with Gasteiger partial charge in [0.05, 0.1) is 29.5 Å². The van der Waals surface area contributed by atoms with Crippen molar-refractivity contribution in [1.82, 2.24) is 9.88 Å². The Hall–Kier alpha value is -2.46. The van der Waals surface area contributed by atoms with Crippen molar-refractivity contribution in [3.63, 3.8) is 0 Å². The standard InChI is InChI=1S/C18H21N3O5S2/c1-11(2)28(24,25)13-6-4-12(5-7-13)16(22)20-17-19-14-8-9-21(18(23)26-3)10-15(14)27-17/h4-7,11H,8-10H2,1-3H3,(H,19,20,22). The van der Waals surface area contributed by atoms with E-state index in [1.165, 1.54) is 42.7 Å². The van der Waals surface area contributed by atoms with Gasteiger partial charge in [-0.2, -0.15) is 0 Å². The van der Waals surface area contributed by atoms with Crippen LogP contribution in [0, 0.1) is 0 Å². The van der Waals surface area contributed by atoms with Crippen LogP contribution in [-0.4, -0.2) is 49.2 Å². The molecule has 1 aliphatic heterocycles. The molecule has 28 heavy (non-hydrogen) atoms. The van der Waals surface area contributed by atoms with Gasteiger partial charge in [0, 0.05) is 23.4 Å². The normalized spacial score (nSPS) is 13.9. The molecular weight excluding hydrogens is 402 g/mol. The molecule has 1 aromatic carbocycles. The molecule has 10 heteroatoms. The summed E-state index contributed by atoms with van der Waals surface area (Å²) in [7, 11) is -2.04. The van der Waals surface area contributed by atoms with E-state index in [1.54, 1.807) is 18.7 Å². The molecule has 8 nitrogen and oxygen atoms in total. The third-order valence-electron chi connectivity index (χ3n) is 4.45. The fraction of sp³-hybridized carbons (Fsp3) is 0.389. The number of benzene rings is 1. The highest BCUT2D eigenvalue weighted by Gasteiger charge is 2.25. The van der Waals surface area contributed by atoms with E-state index in [0.717, 1.165) is 10.6 Å². The Morgan fingerprint density at radius 3 is 2.54 bits per heavy atom. The van der Waals surface area contributed by atoms with E-state index in [0.29, 0.717) is 30.2 Å². The zero-order valence-electron chi connectivity index (χ0n) is 15.8. The molecule has 0 unspecified atom stereocenters. The maximum absolute atomic E-state index is 12.5. The maximum atomic E-state index is 12.5. The summed E-state index contributed by atoms with van der Waals surface area (Å²) < 4.78 is 29.1. The molecule has 1 aliphatic rings. The first-order valence-corrected chi connectivity index (χ1v) is 11.1. The van der Waals surface area contributed by atoms with Crippen LogP contribution in [0.5, 0.6) is 0 Å². The first-order chi connectivity index (χ1) is 13.2.